The second-order valence-corrected chi connectivity index (χ2v) is 6.59. The molecule has 0 unspecified atom stereocenters. The zero-order valence-electron chi connectivity index (χ0n) is 10.8. The van der Waals surface area contributed by atoms with Crippen molar-refractivity contribution in [2.24, 2.45) is 0 Å². The van der Waals surface area contributed by atoms with E-state index in [0.29, 0.717) is 23.7 Å². The number of sulfonamides is 1. The maximum Gasteiger partial charge on any atom is 0.293 e. The molecule has 0 spiro atoms. The van der Waals surface area contributed by atoms with Crippen LogP contribution in [0.1, 0.15) is 12.8 Å². The molecular weight excluding hydrogens is 280 g/mol. The summed E-state index contributed by atoms with van der Waals surface area (Å²) in [5.41, 5.74) is 6.13. The number of anilines is 1. The molecule has 20 heavy (non-hydrogen) atoms. The zero-order chi connectivity index (χ0) is 14.2. The van der Waals surface area contributed by atoms with Crippen molar-refractivity contribution in [1.82, 2.24) is 9.58 Å². The summed E-state index contributed by atoms with van der Waals surface area (Å²) in [6, 6.07) is 6.48. The first-order valence-electron chi connectivity index (χ1n) is 6.32. The van der Waals surface area contributed by atoms with E-state index in [-0.39, 0.29) is 5.88 Å². The second-order valence-electron chi connectivity index (χ2n) is 4.65. The summed E-state index contributed by atoms with van der Waals surface area (Å²) >= 11 is 0. The number of nitrogen functional groups attached to an aromatic ring is 1. The molecule has 0 bridgehead atoms. The maximum atomic E-state index is 12.4. The molecule has 1 aromatic heterocycles. The highest BCUT2D eigenvalue weighted by Gasteiger charge is 2.27. The monoisotopic (exact) mass is 295 g/mol. The average molecular weight is 295 g/mol. The van der Waals surface area contributed by atoms with Gasteiger partial charge in [-0.25, -0.2) is 8.42 Å². The lowest BCUT2D eigenvalue weighted by Crippen LogP contribution is -2.32. The lowest BCUT2D eigenvalue weighted by molar-refractivity contribution is -0.670. The molecule has 0 amide bonds. The summed E-state index contributed by atoms with van der Waals surface area (Å²) in [6.07, 6.45) is 3.36. The van der Waals surface area contributed by atoms with Crippen molar-refractivity contribution in [1.29, 1.82) is 0 Å². The Hall–Kier alpha value is -1.93. The molecule has 8 heteroatoms. The predicted octanol–water partition coefficient (Wildman–Crippen LogP) is 0.318. The molecule has 1 saturated heterocycles. The van der Waals surface area contributed by atoms with Crippen molar-refractivity contribution in [2.75, 3.05) is 18.8 Å². The Bertz CT molecular complexity index is 703. The van der Waals surface area contributed by atoms with Gasteiger partial charge in [0, 0.05) is 25.2 Å². The van der Waals surface area contributed by atoms with Crippen LogP contribution >= 0.6 is 0 Å². The minimum absolute atomic E-state index is 0.193. The highest BCUT2D eigenvalue weighted by molar-refractivity contribution is 7.89. The number of nitrogens with zero attached hydrogens (tertiary/aromatic N) is 3. The van der Waals surface area contributed by atoms with Crippen molar-refractivity contribution in [2.45, 2.75) is 17.7 Å². The topological polar surface area (TPSA) is 93.3 Å². The Labute approximate surface area is 116 Å². The van der Waals surface area contributed by atoms with Crippen molar-refractivity contribution in [3.05, 3.63) is 30.5 Å². The molecule has 2 heterocycles. The smallest absolute Gasteiger partial charge is 0.293 e. The van der Waals surface area contributed by atoms with E-state index in [0.717, 1.165) is 12.8 Å². The quantitative estimate of drug-likeness (QED) is 0.823. The van der Waals surface area contributed by atoms with Crippen LogP contribution in [-0.4, -0.2) is 31.1 Å². The van der Waals surface area contributed by atoms with E-state index >= 15 is 0 Å². The molecule has 0 atom stereocenters. The van der Waals surface area contributed by atoms with Gasteiger partial charge in [-0.05, 0) is 29.7 Å². The van der Waals surface area contributed by atoms with Gasteiger partial charge in [-0.2, -0.15) is 4.31 Å². The fraction of sp³-hybridized carbons (Fsp3) is 0.333. The van der Waals surface area contributed by atoms with Crippen LogP contribution in [0.4, 0.5) is 5.88 Å². The minimum Gasteiger partial charge on any atom is -0.362 e. The van der Waals surface area contributed by atoms with E-state index in [1.807, 2.05) is 0 Å². The van der Waals surface area contributed by atoms with Gasteiger partial charge in [0.25, 0.3) is 12.1 Å². The Morgan fingerprint density at radius 3 is 2.40 bits per heavy atom. The van der Waals surface area contributed by atoms with Crippen LogP contribution in [0.2, 0.25) is 0 Å². The van der Waals surface area contributed by atoms with Crippen LogP contribution in [0.5, 0.6) is 0 Å². The zero-order valence-corrected chi connectivity index (χ0v) is 11.6. The summed E-state index contributed by atoms with van der Waals surface area (Å²) in [6.45, 7) is 1.19. The number of aromatic nitrogens is 2. The Kier molecular flexibility index (Phi) is 3.19. The summed E-state index contributed by atoms with van der Waals surface area (Å²) < 4.78 is 32.4. The van der Waals surface area contributed by atoms with Crippen LogP contribution in [0.15, 0.2) is 39.9 Å². The van der Waals surface area contributed by atoms with Crippen LogP contribution in [0.3, 0.4) is 0 Å². The van der Waals surface area contributed by atoms with Crippen molar-refractivity contribution in [3.8, 4) is 5.69 Å². The third-order valence-corrected chi connectivity index (χ3v) is 5.20. The van der Waals surface area contributed by atoms with E-state index < -0.39 is 10.0 Å². The van der Waals surface area contributed by atoms with E-state index in [4.69, 9.17) is 10.3 Å². The summed E-state index contributed by atoms with van der Waals surface area (Å²) in [5, 5.41) is 3.71. The van der Waals surface area contributed by atoms with Gasteiger partial charge in [-0.3, -0.25) is 4.52 Å². The minimum atomic E-state index is -3.38. The van der Waals surface area contributed by atoms with Crippen molar-refractivity contribution in [3.63, 3.8) is 0 Å². The predicted molar refractivity (Wildman–Crippen MR) is 70.4 cm³/mol. The maximum absolute atomic E-state index is 12.4. The van der Waals surface area contributed by atoms with Gasteiger partial charge in [0.1, 0.15) is 0 Å². The molecule has 7 nitrogen and oxygen atoms in total. The van der Waals surface area contributed by atoms with Crippen LogP contribution < -0.4 is 10.4 Å². The summed E-state index contributed by atoms with van der Waals surface area (Å²) in [4.78, 5) is 0.292. The van der Waals surface area contributed by atoms with Gasteiger partial charge in [-0.15, -0.1) is 0 Å². The number of hydrogen-bond acceptors (Lipinski definition) is 5. The molecule has 1 aliphatic rings. The number of benzene rings is 1. The SMILES string of the molecule is Nc1c[n+](-c2ccc(S(=O)(=O)N3CCCC3)cc2)no1. The molecular formula is C12H15N4O3S+. The second kappa shape index (κ2) is 4.88. The molecule has 0 saturated carbocycles. The highest BCUT2D eigenvalue weighted by Crippen LogP contribution is 2.21. The molecule has 1 fully saturated rings. The first kappa shape index (κ1) is 13.1. The number of hydrogen-bond donors (Lipinski definition) is 1. The van der Waals surface area contributed by atoms with Crippen LogP contribution in [-0.2, 0) is 10.0 Å². The van der Waals surface area contributed by atoms with Crippen LogP contribution in [0, 0.1) is 0 Å². The lowest BCUT2D eigenvalue weighted by Gasteiger charge is -2.14. The first-order chi connectivity index (χ1) is 9.57. The van der Waals surface area contributed by atoms with E-state index in [9.17, 15) is 8.42 Å². The third kappa shape index (κ3) is 2.27. The molecule has 106 valence electrons. The standard InChI is InChI=1S/C12H15N4O3S/c13-12-9-16(14-19-12)10-3-5-11(6-4-10)20(17,18)15-7-1-2-8-15/h3-6,9H,1-2,7-8,13H2/q+1. The molecule has 2 N–H and O–H groups in total. The van der Waals surface area contributed by atoms with Gasteiger partial charge in [-0.1, -0.05) is 0 Å². The number of rotatable bonds is 3. The van der Waals surface area contributed by atoms with Crippen molar-refractivity contribution >= 4 is 15.9 Å². The van der Waals surface area contributed by atoms with E-state index in [1.54, 1.807) is 24.3 Å². The Morgan fingerprint density at radius 1 is 1.20 bits per heavy atom. The van der Waals surface area contributed by atoms with Crippen LogP contribution in [0.25, 0.3) is 5.69 Å². The fourth-order valence-corrected chi connectivity index (χ4v) is 3.75. The molecule has 0 radical (unpaired) electrons. The fourth-order valence-electron chi connectivity index (χ4n) is 2.23. The highest BCUT2D eigenvalue weighted by atomic mass is 32.2. The molecule has 0 aliphatic carbocycles. The van der Waals surface area contributed by atoms with Gasteiger partial charge in [0.2, 0.25) is 21.0 Å². The van der Waals surface area contributed by atoms with Gasteiger partial charge in [0.05, 0.1) is 4.90 Å². The van der Waals surface area contributed by atoms with Gasteiger partial charge in [0.15, 0.2) is 0 Å². The van der Waals surface area contributed by atoms with E-state index in [1.165, 1.54) is 15.2 Å². The Morgan fingerprint density at radius 2 is 1.85 bits per heavy atom. The summed E-state index contributed by atoms with van der Waals surface area (Å²) in [5.74, 6) is 0.193. The van der Waals surface area contributed by atoms with Gasteiger partial charge < -0.3 is 5.73 Å². The Balaban J connectivity index is 1.89. The molecule has 1 aromatic carbocycles. The number of nitrogens with two attached hydrogens (primary N) is 1. The lowest BCUT2D eigenvalue weighted by atomic mass is 10.3. The van der Waals surface area contributed by atoms with E-state index in [2.05, 4.69) is 5.27 Å². The molecule has 1 aliphatic heterocycles. The first-order valence-corrected chi connectivity index (χ1v) is 7.76. The normalized spacial score (nSPS) is 16.6. The van der Waals surface area contributed by atoms with Gasteiger partial charge >= 0.3 is 0 Å². The molecule has 2 aromatic rings. The largest absolute Gasteiger partial charge is 0.362 e. The average Bonchev–Trinajstić information content (AvgIpc) is 3.10. The summed E-state index contributed by atoms with van der Waals surface area (Å²) in [7, 11) is -3.38. The third-order valence-electron chi connectivity index (χ3n) is 3.29. The van der Waals surface area contributed by atoms with Crippen molar-refractivity contribution < 1.29 is 17.6 Å². The molecule has 3 rings (SSSR count).